The predicted octanol–water partition coefficient (Wildman–Crippen LogP) is 3.47. The minimum absolute atomic E-state index is 0.734. The minimum atomic E-state index is -0.846. The third kappa shape index (κ3) is 2.50. The molecule has 5 nitrogen and oxygen atoms in total. The van der Waals surface area contributed by atoms with Crippen LogP contribution in [0.1, 0.15) is 18.7 Å². The lowest BCUT2D eigenvalue weighted by molar-refractivity contribution is 0.0826. The number of nitrogens with zero attached hydrogens (tertiary/aromatic N) is 4. The first-order valence-electron chi connectivity index (χ1n) is 7.33. The highest BCUT2D eigenvalue weighted by Crippen LogP contribution is 2.33. The minimum Gasteiger partial charge on any atom is -0.385 e. The molecule has 0 radical (unpaired) electrons. The van der Waals surface area contributed by atoms with E-state index in [0.717, 1.165) is 37.4 Å². The van der Waals surface area contributed by atoms with Crippen LogP contribution >= 0.6 is 11.3 Å². The smallest absolute Gasteiger partial charge is 0.181 e. The van der Waals surface area contributed by atoms with Crippen LogP contribution in [0.25, 0.3) is 32.5 Å². The lowest BCUT2D eigenvalue weighted by Crippen LogP contribution is -2.12. The summed E-state index contributed by atoms with van der Waals surface area (Å²) >= 11 is 1.52. The maximum absolute atomic E-state index is 10.2. The van der Waals surface area contributed by atoms with Crippen LogP contribution in [0.2, 0.25) is 0 Å². The van der Waals surface area contributed by atoms with Gasteiger partial charge in [0.1, 0.15) is 4.83 Å². The molecule has 23 heavy (non-hydrogen) atoms. The first kappa shape index (κ1) is 14.3. The molecule has 0 atom stereocenters. The monoisotopic (exact) mass is 324 g/mol. The standard InChI is InChI=1S/C17H16N4OS/c1-17(2,22)14-7-10-4-5-13(19-16(10)23-14)11-6-12-9-21(3)20-15(12)18-8-11/h4-9,22H,1-3H3. The van der Waals surface area contributed by atoms with E-state index in [4.69, 9.17) is 4.98 Å². The second-order valence-corrected chi connectivity index (χ2v) is 7.23. The Balaban J connectivity index is 1.83. The topological polar surface area (TPSA) is 63.8 Å². The Morgan fingerprint density at radius 3 is 2.78 bits per heavy atom. The number of aromatic nitrogens is 4. The average Bonchev–Trinajstić information content (AvgIpc) is 3.06. The van der Waals surface area contributed by atoms with E-state index >= 15 is 0 Å². The third-order valence-electron chi connectivity index (χ3n) is 3.76. The summed E-state index contributed by atoms with van der Waals surface area (Å²) in [6, 6.07) is 8.08. The van der Waals surface area contributed by atoms with Crippen molar-refractivity contribution in [2.75, 3.05) is 0 Å². The number of thiophene rings is 1. The van der Waals surface area contributed by atoms with Crippen molar-refractivity contribution >= 4 is 32.6 Å². The molecule has 6 heteroatoms. The van der Waals surface area contributed by atoms with Crippen molar-refractivity contribution in [2.45, 2.75) is 19.4 Å². The first-order valence-corrected chi connectivity index (χ1v) is 8.15. The molecule has 0 spiro atoms. The third-order valence-corrected chi connectivity index (χ3v) is 5.11. The number of pyridine rings is 2. The molecule has 4 rings (SSSR count). The van der Waals surface area contributed by atoms with E-state index in [1.54, 1.807) is 24.7 Å². The van der Waals surface area contributed by atoms with Crippen molar-refractivity contribution in [3.05, 3.63) is 41.5 Å². The SMILES string of the molecule is Cn1cc2cc(-c3ccc4cc(C(C)(C)O)sc4n3)cnc2n1. The lowest BCUT2D eigenvalue weighted by atomic mass is 10.1. The molecule has 0 saturated heterocycles. The van der Waals surface area contributed by atoms with Crippen molar-refractivity contribution in [3.8, 4) is 11.3 Å². The van der Waals surface area contributed by atoms with Gasteiger partial charge in [-0.1, -0.05) is 0 Å². The number of rotatable bonds is 2. The van der Waals surface area contributed by atoms with E-state index in [1.807, 2.05) is 37.5 Å². The van der Waals surface area contributed by atoms with E-state index in [9.17, 15) is 5.11 Å². The summed E-state index contributed by atoms with van der Waals surface area (Å²) in [6.07, 6.45) is 3.75. The van der Waals surface area contributed by atoms with Gasteiger partial charge in [-0.15, -0.1) is 11.3 Å². The van der Waals surface area contributed by atoms with Crippen LogP contribution in [0, 0.1) is 0 Å². The van der Waals surface area contributed by atoms with Crippen LogP contribution in [0.3, 0.4) is 0 Å². The van der Waals surface area contributed by atoms with E-state index in [1.165, 1.54) is 11.3 Å². The van der Waals surface area contributed by atoms with E-state index in [2.05, 4.69) is 10.1 Å². The molecule has 0 aliphatic rings. The van der Waals surface area contributed by atoms with Crippen molar-refractivity contribution in [1.29, 1.82) is 0 Å². The summed E-state index contributed by atoms with van der Waals surface area (Å²) in [5.74, 6) is 0. The number of aliphatic hydroxyl groups is 1. The second-order valence-electron chi connectivity index (χ2n) is 6.20. The van der Waals surface area contributed by atoms with Crippen molar-refractivity contribution in [2.24, 2.45) is 7.05 Å². The largest absolute Gasteiger partial charge is 0.385 e. The number of hydrogen-bond acceptors (Lipinski definition) is 5. The van der Waals surface area contributed by atoms with Gasteiger partial charge in [-0.25, -0.2) is 9.97 Å². The number of fused-ring (bicyclic) bond motifs is 2. The summed E-state index contributed by atoms with van der Waals surface area (Å²) in [4.78, 5) is 11.0. The van der Waals surface area contributed by atoms with Crippen LogP contribution in [-0.4, -0.2) is 24.9 Å². The van der Waals surface area contributed by atoms with E-state index in [0.29, 0.717) is 0 Å². The van der Waals surface area contributed by atoms with Crippen LogP contribution < -0.4 is 0 Å². The summed E-state index contributed by atoms with van der Waals surface area (Å²) < 4.78 is 1.76. The highest BCUT2D eigenvalue weighted by Gasteiger charge is 2.19. The molecule has 0 fully saturated rings. The summed E-state index contributed by atoms with van der Waals surface area (Å²) in [5.41, 5.74) is 1.73. The fourth-order valence-corrected chi connectivity index (χ4v) is 3.59. The molecule has 0 saturated carbocycles. The number of aryl methyl sites for hydroxylation is 1. The Morgan fingerprint density at radius 2 is 2.00 bits per heavy atom. The lowest BCUT2D eigenvalue weighted by Gasteiger charge is -2.13. The number of hydrogen-bond donors (Lipinski definition) is 1. The highest BCUT2D eigenvalue weighted by atomic mass is 32.1. The zero-order valence-corrected chi connectivity index (χ0v) is 13.9. The first-order chi connectivity index (χ1) is 10.9. The van der Waals surface area contributed by atoms with Gasteiger partial charge in [0.05, 0.1) is 11.3 Å². The highest BCUT2D eigenvalue weighted by molar-refractivity contribution is 7.18. The normalized spacial score (nSPS) is 12.3. The van der Waals surface area contributed by atoms with Crippen molar-refractivity contribution in [3.63, 3.8) is 0 Å². The van der Waals surface area contributed by atoms with Gasteiger partial charge in [0.2, 0.25) is 0 Å². The molecule has 0 unspecified atom stereocenters. The Kier molecular flexibility index (Phi) is 3.01. The molecule has 1 N–H and O–H groups in total. The molecule has 4 aromatic heterocycles. The summed E-state index contributed by atoms with van der Waals surface area (Å²) in [7, 11) is 1.88. The van der Waals surface area contributed by atoms with E-state index < -0.39 is 5.60 Å². The van der Waals surface area contributed by atoms with Gasteiger partial charge in [0.25, 0.3) is 0 Å². The molecular formula is C17H16N4OS. The molecule has 0 amide bonds. The van der Waals surface area contributed by atoms with E-state index in [-0.39, 0.29) is 0 Å². The fourth-order valence-electron chi connectivity index (χ4n) is 2.55. The van der Waals surface area contributed by atoms with Crippen LogP contribution in [0.4, 0.5) is 0 Å². The predicted molar refractivity (Wildman–Crippen MR) is 92.4 cm³/mol. The maximum atomic E-state index is 10.2. The molecule has 4 heterocycles. The fraction of sp³-hybridized carbons (Fsp3) is 0.235. The van der Waals surface area contributed by atoms with Gasteiger partial charge in [0, 0.05) is 40.7 Å². The second kappa shape index (κ2) is 4.84. The van der Waals surface area contributed by atoms with Gasteiger partial charge >= 0.3 is 0 Å². The molecule has 0 aliphatic heterocycles. The molecular weight excluding hydrogens is 308 g/mol. The van der Waals surface area contributed by atoms with Crippen molar-refractivity contribution in [1.82, 2.24) is 19.7 Å². The zero-order valence-electron chi connectivity index (χ0n) is 13.1. The average molecular weight is 324 g/mol. The molecule has 0 aromatic carbocycles. The van der Waals surface area contributed by atoms with Crippen LogP contribution in [-0.2, 0) is 12.6 Å². The van der Waals surface area contributed by atoms with Crippen molar-refractivity contribution < 1.29 is 5.11 Å². The van der Waals surface area contributed by atoms with Gasteiger partial charge in [-0.2, -0.15) is 5.10 Å². The molecule has 0 aliphatic carbocycles. The zero-order chi connectivity index (χ0) is 16.2. The Bertz CT molecular complexity index is 1030. The maximum Gasteiger partial charge on any atom is 0.181 e. The summed E-state index contributed by atoms with van der Waals surface area (Å²) in [5, 5.41) is 16.5. The van der Waals surface area contributed by atoms with Gasteiger partial charge in [-0.3, -0.25) is 4.68 Å². The Morgan fingerprint density at radius 1 is 1.17 bits per heavy atom. The van der Waals surface area contributed by atoms with Gasteiger partial charge in [0.15, 0.2) is 5.65 Å². The van der Waals surface area contributed by atoms with Crippen LogP contribution in [0.5, 0.6) is 0 Å². The molecule has 0 bridgehead atoms. The quantitative estimate of drug-likeness (QED) is 0.613. The van der Waals surface area contributed by atoms with Crippen LogP contribution in [0.15, 0.2) is 36.7 Å². The Labute approximate surface area is 137 Å². The Hall–Kier alpha value is -2.31. The van der Waals surface area contributed by atoms with Gasteiger partial charge < -0.3 is 5.11 Å². The summed E-state index contributed by atoms with van der Waals surface area (Å²) in [6.45, 7) is 3.58. The van der Waals surface area contributed by atoms with Gasteiger partial charge in [-0.05, 0) is 38.1 Å². The molecule has 116 valence electrons. The molecule has 4 aromatic rings.